The summed E-state index contributed by atoms with van der Waals surface area (Å²) in [4.78, 5) is 17.9. The van der Waals surface area contributed by atoms with Gasteiger partial charge in [-0.3, -0.25) is 0 Å². The number of carbonyl (C=O) groups excluding carboxylic acids is 1. The van der Waals surface area contributed by atoms with E-state index < -0.39 is 21.0 Å². The minimum Gasteiger partial charge on any atom is -0.462 e. The van der Waals surface area contributed by atoms with Crippen molar-refractivity contribution in [3.8, 4) is 5.82 Å². The SMILES string of the molecule is CCOC(=O)c1cnn(-c2cccc(N(C)C)n2)c1S(N)(=O)=O. The maximum absolute atomic E-state index is 11.9. The van der Waals surface area contributed by atoms with E-state index in [0.29, 0.717) is 5.82 Å². The predicted octanol–water partition coefficient (Wildman–Crippen LogP) is 0.157. The zero-order valence-electron chi connectivity index (χ0n) is 12.9. The Morgan fingerprint density at radius 1 is 1.39 bits per heavy atom. The Kier molecular flexibility index (Phi) is 4.66. The number of rotatable bonds is 5. The Morgan fingerprint density at radius 3 is 2.65 bits per heavy atom. The van der Waals surface area contributed by atoms with E-state index in [0.717, 1.165) is 10.9 Å². The van der Waals surface area contributed by atoms with Crippen LogP contribution in [-0.2, 0) is 14.8 Å². The smallest absolute Gasteiger partial charge is 0.342 e. The summed E-state index contributed by atoms with van der Waals surface area (Å²) in [6.07, 6.45) is 1.10. The van der Waals surface area contributed by atoms with E-state index in [-0.39, 0.29) is 18.0 Å². The van der Waals surface area contributed by atoms with Crippen molar-refractivity contribution in [1.29, 1.82) is 0 Å². The van der Waals surface area contributed by atoms with Gasteiger partial charge in [0.1, 0.15) is 11.4 Å². The lowest BCUT2D eigenvalue weighted by Crippen LogP contribution is -2.21. The van der Waals surface area contributed by atoms with Crippen LogP contribution in [0.15, 0.2) is 29.4 Å². The summed E-state index contributed by atoms with van der Waals surface area (Å²) in [5.74, 6) is -0.00151. The van der Waals surface area contributed by atoms with Gasteiger partial charge in [-0.1, -0.05) is 6.07 Å². The largest absolute Gasteiger partial charge is 0.462 e. The van der Waals surface area contributed by atoms with Gasteiger partial charge >= 0.3 is 5.97 Å². The van der Waals surface area contributed by atoms with Crippen LogP contribution in [0.2, 0.25) is 0 Å². The van der Waals surface area contributed by atoms with Crippen LogP contribution in [0.3, 0.4) is 0 Å². The summed E-state index contributed by atoms with van der Waals surface area (Å²) < 4.78 is 29.7. The number of aromatic nitrogens is 3. The zero-order valence-corrected chi connectivity index (χ0v) is 13.7. The Hall–Kier alpha value is -2.46. The summed E-state index contributed by atoms with van der Waals surface area (Å²) in [7, 11) is -0.636. The maximum Gasteiger partial charge on any atom is 0.342 e. The molecule has 0 amide bonds. The second kappa shape index (κ2) is 6.34. The second-order valence-corrected chi connectivity index (χ2v) is 6.27. The van der Waals surface area contributed by atoms with Gasteiger partial charge in [0, 0.05) is 14.1 Å². The number of hydrogen-bond acceptors (Lipinski definition) is 7. The van der Waals surface area contributed by atoms with Crippen LogP contribution in [0.5, 0.6) is 0 Å². The molecule has 2 aromatic heterocycles. The highest BCUT2D eigenvalue weighted by molar-refractivity contribution is 7.89. The normalized spacial score (nSPS) is 11.3. The molecule has 0 aliphatic heterocycles. The molecule has 0 aliphatic rings. The van der Waals surface area contributed by atoms with Crippen LogP contribution in [0.1, 0.15) is 17.3 Å². The van der Waals surface area contributed by atoms with Crippen LogP contribution in [0.4, 0.5) is 5.82 Å². The molecular formula is C13H17N5O4S. The number of esters is 1. The van der Waals surface area contributed by atoms with Crippen molar-refractivity contribution in [3.63, 3.8) is 0 Å². The van der Waals surface area contributed by atoms with E-state index in [1.54, 1.807) is 44.1 Å². The van der Waals surface area contributed by atoms with Crippen molar-refractivity contribution >= 4 is 21.8 Å². The van der Waals surface area contributed by atoms with Gasteiger partial charge in [0.15, 0.2) is 10.8 Å². The molecular weight excluding hydrogens is 322 g/mol. The molecule has 0 fully saturated rings. The molecule has 0 aliphatic carbocycles. The fourth-order valence-electron chi connectivity index (χ4n) is 1.90. The molecule has 0 aromatic carbocycles. The van der Waals surface area contributed by atoms with Crippen molar-refractivity contribution in [2.24, 2.45) is 5.14 Å². The fourth-order valence-corrected chi connectivity index (χ4v) is 2.73. The van der Waals surface area contributed by atoms with Crippen LogP contribution >= 0.6 is 0 Å². The first-order valence-electron chi connectivity index (χ1n) is 6.68. The van der Waals surface area contributed by atoms with Gasteiger partial charge in [-0.15, -0.1) is 0 Å². The minimum absolute atomic E-state index is 0.0996. The standard InChI is InChI=1S/C13H17N5O4S/c1-4-22-13(19)9-8-15-18(12(9)23(14,20)21)11-7-5-6-10(16-11)17(2)3/h5-8H,4H2,1-3H3,(H2,14,20,21). The van der Waals surface area contributed by atoms with Gasteiger partial charge in [0.25, 0.3) is 10.0 Å². The molecule has 124 valence electrons. The molecule has 2 heterocycles. The number of primary sulfonamides is 1. The van der Waals surface area contributed by atoms with Gasteiger partial charge in [0.2, 0.25) is 0 Å². The lowest BCUT2D eigenvalue weighted by Gasteiger charge is -2.13. The predicted molar refractivity (Wildman–Crippen MR) is 83.0 cm³/mol. The highest BCUT2D eigenvalue weighted by Crippen LogP contribution is 2.20. The molecule has 2 N–H and O–H groups in total. The van der Waals surface area contributed by atoms with Crippen molar-refractivity contribution < 1.29 is 17.9 Å². The average Bonchev–Trinajstić information content (AvgIpc) is 2.92. The van der Waals surface area contributed by atoms with E-state index in [4.69, 9.17) is 9.88 Å². The number of pyridine rings is 1. The highest BCUT2D eigenvalue weighted by Gasteiger charge is 2.28. The second-order valence-electron chi connectivity index (χ2n) is 4.79. The van der Waals surface area contributed by atoms with Crippen LogP contribution < -0.4 is 10.0 Å². The summed E-state index contributed by atoms with van der Waals surface area (Å²) in [5.41, 5.74) is -0.230. The number of anilines is 1. The molecule has 0 radical (unpaired) electrons. The van der Waals surface area contributed by atoms with Gasteiger partial charge < -0.3 is 9.64 Å². The van der Waals surface area contributed by atoms with Crippen molar-refractivity contribution in [3.05, 3.63) is 30.0 Å². The number of nitrogens with two attached hydrogens (primary N) is 1. The molecule has 9 nitrogen and oxygen atoms in total. The molecule has 0 saturated carbocycles. The summed E-state index contributed by atoms with van der Waals surface area (Å²) in [6, 6.07) is 5.00. The number of hydrogen-bond donors (Lipinski definition) is 1. The molecule has 23 heavy (non-hydrogen) atoms. The summed E-state index contributed by atoms with van der Waals surface area (Å²) in [6.45, 7) is 1.71. The monoisotopic (exact) mass is 339 g/mol. The number of carbonyl (C=O) groups is 1. The number of nitrogens with zero attached hydrogens (tertiary/aromatic N) is 4. The van der Waals surface area contributed by atoms with E-state index in [1.807, 2.05) is 0 Å². The third kappa shape index (κ3) is 3.48. The summed E-state index contributed by atoms with van der Waals surface area (Å²) >= 11 is 0. The molecule has 0 spiro atoms. The Labute approximate surface area is 133 Å². The lowest BCUT2D eigenvalue weighted by molar-refractivity contribution is 0.0521. The van der Waals surface area contributed by atoms with Gasteiger partial charge in [-0.2, -0.15) is 5.10 Å². The third-order valence-electron chi connectivity index (χ3n) is 2.88. The fraction of sp³-hybridized carbons (Fsp3) is 0.308. The Balaban J connectivity index is 2.64. The van der Waals surface area contributed by atoms with Crippen molar-refractivity contribution in [1.82, 2.24) is 14.8 Å². The Morgan fingerprint density at radius 2 is 2.09 bits per heavy atom. The van der Waals surface area contributed by atoms with Crippen LogP contribution in [-0.4, -0.2) is 49.9 Å². The van der Waals surface area contributed by atoms with Crippen molar-refractivity contribution in [2.75, 3.05) is 25.6 Å². The number of ether oxygens (including phenoxy) is 1. The van der Waals surface area contributed by atoms with E-state index in [1.165, 1.54) is 0 Å². The molecule has 0 saturated heterocycles. The lowest BCUT2D eigenvalue weighted by atomic mass is 10.3. The van der Waals surface area contributed by atoms with Gasteiger partial charge in [0.05, 0.1) is 12.8 Å². The first-order valence-corrected chi connectivity index (χ1v) is 8.23. The molecule has 2 rings (SSSR count). The van der Waals surface area contributed by atoms with Crippen LogP contribution in [0.25, 0.3) is 5.82 Å². The molecule has 10 heteroatoms. The molecule has 0 bridgehead atoms. The molecule has 0 unspecified atom stereocenters. The maximum atomic E-state index is 11.9. The Bertz CT molecular complexity index is 829. The third-order valence-corrected chi connectivity index (χ3v) is 3.82. The quantitative estimate of drug-likeness (QED) is 0.770. The first kappa shape index (κ1) is 16.9. The first-order chi connectivity index (χ1) is 10.8. The number of sulfonamides is 1. The van der Waals surface area contributed by atoms with E-state index in [2.05, 4.69) is 10.1 Å². The minimum atomic E-state index is -4.22. The summed E-state index contributed by atoms with van der Waals surface area (Å²) in [5, 5.41) is 8.71. The molecule has 0 atom stereocenters. The van der Waals surface area contributed by atoms with Crippen LogP contribution in [0, 0.1) is 0 Å². The van der Waals surface area contributed by atoms with Crippen molar-refractivity contribution in [2.45, 2.75) is 11.9 Å². The molecule has 2 aromatic rings. The van der Waals surface area contributed by atoms with Gasteiger partial charge in [-0.25, -0.2) is 28.0 Å². The van der Waals surface area contributed by atoms with Gasteiger partial charge in [-0.05, 0) is 19.1 Å². The topological polar surface area (TPSA) is 120 Å². The van der Waals surface area contributed by atoms with E-state index in [9.17, 15) is 13.2 Å². The highest BCUT2D eigenvalue weighted by atomic mass is 32.2. The zero-order chi connectivity index (χ0) is 17.2. The average molecular weight is 339 g/mol. The van der Waals surface area contributed by atoms with E-state index >= 15 is 0 Å².